The van der Waals surface area contributed by atoms with Crippen LogP contribution in [0.15, 0.2) is 58.2 Å². The Morgan fingerprint density at radius 1 is 1.27 bits per heavy atom. The lowest BCUT2D eigenvalue weighted by molar-refractivity contribution is 0.0622. The van der Waals surface area contributed by atoms with E-state index >= 15 is 0 Å². The maximum atomic E-state index is 12.4. The van der Waals surface area contributed by atoms with E-state index in [1.165, 1.54) is 0 Å². The molecule has 2 aromatic rings. The van der Waals surface area contributed by atoms with Crippen molar-refractivity contribution in [1.82, 2.24) is 5.32 Å². The molecule has 136 valence electrons. The highest BCUT2D eigenvalue weighted by Crippen LogP contribution is 2.29. The molecule has 1 aliphatic rings. The molecule has 5 nitrogen and oxygen atoms in total. The second-order valence-corrected chi connectivity index (χ2v) is 7.32. The molecule has 1 N–H and O–H groups in total. The third kappa shape index (κ3) is 4.19. The van der Waals surface area contributed by atoms with Crippen molar-refractivity contribution >= 4 is 39.3 Å². The summed E-state index contributed by atoms with van der Waals surface area (Å²) in [5, 5.41) is 7.41. The number of halogens is 2. The summed E-state index contributed by atoms with van der Waals surface area (Å²) >= 11 is 9.56. The molecule has 2 aromatic carbocycles. The molecule has 1 amide bonds. The number of benzene rings is 2. The fraction of sp³-hybridized carbons (Fsp3) is 0.263. The maximum Gasteiger partial charge on any atom is 0.408 e. The molecular formula is C19H18BrClN2O3. The quantitative estimate of drug-likeness (QED) is 0.696. The lowest BCUT2D eigenvalue weighted by Gasteiger charge is -2.21. The zero-order valence-corrected chi connectivity index (χ0v) is 16.6. The highest BCUT2D eigenvalue weighted by Gasteiger charge is 2.35. The number of nitrogens with one attached hydrogen (secondary N) is 1. The van der Waals surface area contributed by atoms with Crippen LogP contribution in [0.3, 0.4) is 0 Å². The van der Waals surface area contributed by atoms with Gasteiger partial charge in [0.1, 0.15) is 12.1 Å². The molecule has 0 fully saturated rings. The predicted molar refractivity (Wildman–Crippen MR) is 104 cm³/mol. The second-order valence-electron chi connectivity index (χ2n) is 6.00. The molecule has 1 aliphatic heterocycles. The number of amides is 1. The van der Waals surface area contributed by atoms with E-state index in [-0.39, 0.29) is 0 Å². The van der Waals surface area contributed by atoms with Crippen LogP contribution in [-0.2, 0) is 9.57 Å². The molecule has 0 aromatic heterocycles. The average molecular weight is 438 g/mol. The Hall–Kier alpha value is -2.05. The number of oxime groups is 1. The van der Waals surface area contributed by atoms with E-state index in [4.69, 9.17) is 21.2 Å². The monoisotopic (exact) mass is 436 g/mol. The number of hydrogen-bond acceptors (Lipinski definition) is 4. The molecule has 0 radical (unpaired) electrons. The molecule has 3 rings (SSSR count). The number of ether oxygens (including phenoxy) is 1. The van der Waals surface area contributed by atoms with Crippen LogP contribution in [0.4, 0.5) is 4.79 Å². The lowest BCUT2D eigenvalue weighted by Crippen LogP contribution is -2.42. The zero-order chi connectivity index (χ0) is 18.7. The molecule has 1 heterocycles. The van der Waals surface area contributed by atoms with Gasteiger partial charge in [0.05, 0.1) is 5.71 Å². The second kappa shape index (κ2) is 8.10. The third-order valence-corrected chi connectivity index (χ3v) is 5.03. The van der Waals surface area contributed by atoms with Crippen LogP contribution in [0, 0.1) is 0 Å². The molecule has 0 saturated carbocycles. The van der Waals surface area contributed by atoms with Crippen molar-refractivity contribution in [3.05, 3.63) is 69.2 Å². The first-order chi connectivity index (χ1) is 12.5. The Kier molecular flexibility index (Phi) is 5.84. The highest BCUT2D eigenvalue weighted by molar-refractivity contribution is 9.10. The van der Waals surface area contributed by atoms with Gasteiger partial charge in [-0.15, -0.1) is 0 Å². The Morgan fingerprint density at radius 2 is 1.96 bits per heavy atom. The fourth-order valence-corrected chi connectivity index (χ4v) is 3.31. The van der Waals surface area contributed by atoms with E-state index in [0.29, 0.717) is 10.7 Å². The minimum Gasteiger partial charge on any atom is -0.442 e. The molecule has 0 aliphatic carbocycles. The number of carbonyl (C=O) groups is 1. The molecule has 7 heteroatoms. The first-order valence-electron chi connectivity index (χ1n) is 8.13. The highest BCUT2D eigenvalue weighted by atomic mass is 79.9. The smallest absolute Gasteiger partial charge is 0.408 e. The normalized spacial score (nSPS) is 20.1. The fourth-order valence-electron chi connectivity index (χ4n) is 2.75. The Bertz CT molecular complexity index is 826. The summed E-state index contributed by atoms with van der Waals surface area (Å²) in [5.41, 5.74) is 2.35. The van der Waals surface area contributed by atoms with Gasteiger partial charge in [-0.3, -0.25) is 0 Å². The van der Waals surface area contributed by atoms with Gasteiger partial charge in [-0.1, -0.05) is 63.0 Å². The van der Waals surface area contributed by atoms with Gasteiger partial charge in [-0.25, -0.2) is 4.79 Å². The van der Waals surface area contributed by atoms with Gasteiger partial charge in [0.2, 0.25) is 0 Å². The van der Waals surface area contributed by atoms with Crippen LogP contribution in [0.2, 0.25) is 5.02 Å². The van der Waals surface area contributed by atoms with E-state index in [2.05, 4.69) is 26.4 Å². The van der Waals surface area contributed by atoms with Gasteiger partial charge in [0.25, 0.3) is 0 Å². The molecule has 3 atom stereocenters. The number of alkyl carbamates (subject to hydrolysis) is 1. The summed E-state index contributed by atoms with van der Waals surface area (Å²) in [6, 6.07) is 14.6. The zero-order valence-electron chi connectivity index (χ0n) is 14.3. The van der Waals surface area contributed by atoms with Gasteiger partial charge >= 0.3 is 6.09 Å². The molecular weight excluding hydrogens is 420 g/mol. The maximum absolute atomic E-state index is 12.4. The molecule has 26 heavy (non-hydrogen) atoms. The first kappa shape index (κ1) is 18.7. The molecule has 2 unspecified atom stereocenters. The number of carbonyl (C=O) groups excluding carboxylic acids is 1. The summed E-state index contributed by atoms with van der Waals surface area (Å²) in [6.45, 7) is 3.58. The Balaban J connectivity index is 1.68. The molecule has 0 saturated heterocycles. The van der Waals surface area contributed by atoms with Gasteiger partial charge in [0, 0.05) is 15.1 Å². The predicted octanol–water partition coefficient (Wildman–Crippen LogP) is 5.41. The van der Waals surface area contributed by atoms with E-state index in [1.807, 2.05) is 42.5 Å². The van der Waals surface area contributed by atoms with Crippen LogP contribution < -0.4 is 5.32 Å². The van der Waals surface area contributed by atoms with E-state index < -0.39 is 24.3 Å². The SMILES string of the molecule is CC1=NOC(c2ccc(Br)cc2)C1NC(=O)O[C@H](C)c1ccccc1Cl. The minimum absolute atomic E-state index is 0.397. The summed E-state index contributed by atoms with van der Waals surface area (Å²) in [4.78, 5) is 17.9. The standard InChI is InChI=1S/C19H18BrClN2O3/c1-11-17(18(26-23-11)13-7-9-14(20)10-8-13)22-19(24)25-12(2)15-5-3-4-6-16(15)21/h3-10,12,17-18H,1-2H3,(H,22,24)/t12-,17?,18?/m1/s1. The summed E-state index contributed by atoms with van der Waals surface area (Å²) < 4.78 is 6.45. The van der Waals surface area contributed by atoms with Crippen molar-refractivity contribution in [3.8, 4) is 0 Å². The average Bonchev–Trinajstić information content (AvgIpc) is 2.96. The van der Waals surface area contributed by atoms with Crippen LogP contribution in [0.25, 0.3) is 0 Å². The van der Waals surface area contributed by atoms with Gasteiger partial charge in [0.15, 0.2) is 6.10 Å². The van der Waals surface area contributed by atoms with Gasteiger partial charge in [-0.2, -0.15) is 0 Å². The third-order valence-electron chi connectivity index (χ3n) is 4.16. The van der Waals surface area contributed by atoms with Crippen LogP contribution in [0.1, 0.15) is 37.2 Å². The van der Waals surface area contributed by atoms with E-state index in [1.54, 1.807) is 19.9 Å². The summed E-state index contributed by atoms with van der Waals surface area (Å²) in [5.74, 6) is 0. The van der Waals surface area contributed by atoms with E-state index in [0.717, 1.165) is 15.6 Å². The number of rotatable bonds is 4. The Labute approximate surface area is 165 Å². The minimum atomic E-state index is -0.551. The van der Waals surface area contributed by atoms with Gasteiger partial charge < -0.3 is 14.9 Å². The van der Waals surface area contributed by atoms with Crippen LogP contribution in [0.5, 0.6) is 0 Å². The van der Waals surface area contributed by atoms with Crippen LogP contribution >= 0.6 is 27.5 Å². The summed E-state index contributed by atoms with van der Waals surface area (Å²) in [7, 11) is 0. The van der Waals surface area contributed by atoms with E-state index in [9.17, 15) is 4.79 Å². The summed E-state index contributed by atoms with van der Waals surface area (Å²) in [6.07, 6.45) is -1.43. The Morgan fingerprint density at radius 3 is 2.65 bits per heavy atom. The topological polar surface area (TPSA) is 59.9 Å². The van der Waals surface area contributed by atoms with Crippen molar-refractivity contribution in [1.29, 1.82) is 0 Å². The van der Waals surface area contributed by atoms with Crippen molar-refractivity contribution in [2.75, 3.05) is 0 Å². The van der Waals surface area contributed by atoms with Crippen molar-refractivity contribution in [2.45, 2.75) is 32.1 Å². The van der Waals surface area contributed by atoms with Crippen molar-refractivity contribution < 1.29 is 14.4 Å². The largest absolute Gasteiger partial charge is 0.442 e. The number of hydrogen-bond donors (Lipinski definition) is 1. The molecule has 0 bridgehead atoms. The lowest BCUT2D eigenvalue weighted by atomic mass is 10.00. The first-order valence-corrected chi connectivity index (χ1v) is 9.30. The van der Waals surface area contributed by atoms with Gasteiger partial charge in [-0.05, 0) is 37.6 Å². The van der Waals surface area contributed by atoms with Crippen LogP contribution in [-0.4, -0.2) is 17.8 Å². The number of nitrogens with zero attached hydrogens (tertiary/aromatic N) is 1. The van der Waals surface area contributed by atoms with Crippen molar-refractivity contribution in [2.24, 2.45) is 5.16 Å². The molecule has 0 spiro atoms. The van der Waals surface area contributed by atoms with Crippen molar-refractivity contribution in [3.63, 3.8) is 0 Å².